The summed E-state index contributed by atoms with van der Waals surface area (Å²) in [6, 6.07) is 4.66. The average molecular weight is 265 g/mol. The molecule has 0 amide bonds. The fraction of sp³-hybridized carbons (Fsp3) is 0.600. The van der Waals surface area contributed by atoms with Crippen LogP contribution in [0.15, 0.2) is 18.2 Å². The van der Waals surface area contributed by atoms with Crippen LogP contribution in [0.25, 0.3) is 0 Å². The van der Waals surface area contributed by atoms with Crippen LogP contribution >= 0.6 is 0 Å². The first-order valence-corrected chi connectivity index (χ1v) is 7.03. The third-order valence-electron chi connectivity index (χ3n) is 4.12. The van der Waals surface area contributed by atoms with Gasteiger partial charge in [-0.2, -0.15) is 0 Å². The van der Waals surface area contributed by atoms with E-state index in [1.54, 1.807) is 12.1 Å². The van der Waals surface area contributed by atoms with Gasteiger partial charge in [-0.25, -0.2) is 4.39 Å². The number of hydrogen-bond acceptors (Lipinski definition) is 3. The fourth-order valence-corrected chi connectivity index (χ4v) is 3.08. The highest BCUT2D eigenvalue weighted by Crippen LogP contribution is 2.30. The van der Waals surface area contributed by atoms with Crippen molar-refractivity contribution in [3.05, 3.63) is 29.6 Å². The molecule has 1 atom stereocenters. The van der Waals surface area contributed by atoms with E-state index in [-0.39, 0.29) is 11.9 Å². The van der Waals surface area contributed by atoms with Crippen molar-refractivity contribution in [1.82, 2.24) is 5.32 Å². The number of aliphatic hydroxyl groups is 1. The number of fused-ring (bicyclic) bond motifs is 1. The van der Waals surface area contributed by atoms with E-state index in [9.17, 15) is 9.50 Å². The highest BCUT2D eigenvalue weighted by atomic mass is 19.1. The predicted octanol–water partition coefficient (Wildman–Crippen LogP) is 2.02. The Bertz CT molecular complexity index is 457. The summed E-state index contributed by atoms with van der Waals surface area (Å²) in [4.78, 5) is 0. The van der Waals surface area contributed by atoms with Gasteiger partial charge in [-0.3, -0.25) is 0 Å². The van der Waals surface area contributed by atoms with Crippen LogP contribution in [0.2, 0.25) is 0 Å². The van der Waals surface area contributed by atoms with Crippen molar-refractivity contribution in [1.29, 1.82) is 0 Å². The monoisotopic (exact) mass is 265 g/mol. The Morgan fingerprint density at radius 3 is 2.95 bits per heavy atom. The van der Waals surface area contributed by atoms with Crippen LogP contribution in [0, 0.1) is 5.82 Å². The molecule has 1 aromatic rings. The largest absolute Gasteiger partial charge is 0.488 e. The smallest absolute Gasteiger partial charge is 0.123 e. The Morgan fingerprint density at radius 2 is 2.16 bits per heavy atom. The third-order valence-corrected chi connectivity index (χ3v) is 4.12. The second-order valence-electron chi connectivity index (χ2n) is 5.76. The Labute approximate surface area is 112 Å². The van der Waals surface area contributed by atoms with Gasteiger partial charge in [0, 0.05) is 25.1 Å². The minimum Gasteiger partial charge on any atom is -0.488 e. The standard InChI is InChI=1S/C15H20FNO2/c16-12-3-4-14-11(7-12)8-13(19-14)9-17-10-15(18)5-1-2-6-15/h3-4,7,13,17-18H,1-2,5-6,8-10H2. The van der Waals surface area contributed by atoms with E-state index in [4.69, 9.17) is 4.74 Å². The van der Waals surface area contributed by atoms with E-state index in [1.165, 1.54) is 6.07 Å². The lowest BCUT2D eigenvalue weighted by molar-refractivity contribution is 0.0455. The van der Waals surface area contributed by atoms with Crippen LogP contribution in [0.4, 0.5) is 4.39 Å². The average Bonchev–Trinajstić information content (AvgIpc) is 2.95. The predicted molar refractivity (Wildman–Crippen MR) is 70.8 cm³/mol. The molecule has 1 aromatic carbocycles. The molecular weight excluding hydrogens is 245 g/mol. The number of nitrogens with one attached hydrogen (secondary N) is 1. The molecule has 1 unspecified atom stereocenters. The van der Waals surface area contributed by atoms with Crippen LogP contribution < -0.4 is 10.1 Å². The van der Waals surface area contributed by atoms with Gasteiger partial charge in [0.1, 0.15) is 17.7 Å². The topological polar surface area (TPSA) is 41.5 Å². The van der Waals surface area contributed by atoms with Gasteiger partial charge in [-0.05, 0) is 31.0 Å². The Balaban J connectivity index is 1.48. The zero-order valence-corrected chi connectivity index (χ0v) is 11.0. The van der Waals surface area contributed by atoms with Gasteiger partial charge in [0.05, 0.1) is 5.60 Å². The van der Waals surface area contributed by atoms with Crippen molar-refractivity contribution in [2.45, 2.75) is 43.8 Å². The molecule has 1 fully saturated rings. The van der Waals surface area contributed by atoms with Crippen molar-refractivity contribution < 1.29 is 14.2 Å². The first-order valence-electron chi connectivity index (χ1n) is 7.03. The maximum atomic E-state index is 13.1. The molecule has 0 spiro atoms. The van der Waals surface area contributed by atoms with Crippen molar-refractivity contribution in [3.63, 3.8) is 0 Å². The van der Waals surface area contributed by atoms with Crippen molar-refractivity contribution >= 4 is 0 Å². The molecule has 4 heteroatoms. The maximum absolute atomic E-state index is 13.1. The molecule has 0 aromatic heterocycles. The van der Waals surface area contributed by atoms with Gasteiger partial charge in [-0.1, -0.05) is 12.8 Å². The lowest BCUT2D eigenvalue weighted by Gasteiger charge is -2.23. The molecule has 1 aliphatic carbocycles. The summed E-state index contributed by atoms with van der Waals surface area (Å²) < 4.78 is 18.8. The third kappa shape index (κ3) is 2.90. The van der Waals surface area contributed by atoms with Gasteiger partial charge >= 0.3 is 0 Å². The molecule has 3 nitrogen and oxygen atoms in total. The van der Waals surface area contributed by atoms with Gasteiger partial charge < -0.3 is 15.2 Å². The van der Waals surface area contributed by atoms with E-state index < -0.39 is 5.60 Å². The van der Waals surface area contributed by atoms with E-state index in [0.717, 1.165) is 43.4 Å². The van der Waals surface area contributed by atoms with Gasteiger partial charge in [0.25, 0.3) is 0 Å². The minimum absolute atomic E-state index is 0.0433. The summed E-state index contributed by atoms with van der Waals surface area (Å²) >= 11 is 0. The molecule has 19 heavy (non-hydrogen) atoms. The molecule has 0 saturated heterocycles. The SMILES string of the molecule is OC1(CNCC2Cc3cc(F)ccc3O2)CCCC1. The van der Waals surface area contributed by atoms with E-state index in [2.05, 4.69) is 5.32 Å². The normalized spacial score (nSPS) is 24.2. The molecule has 1 aliphatic heterocycles. The van der Waals surface area contributed by atoms with Gasteiger partial charge in [0.15, 0.2) is 0 Å². The van der Waals surface area contributed by atoms with E-state index >= 15 is 0 Å². The van der Waals surface area contributed by atoms with Gasteiger partial charge in [-0.15, -0.1) is 0 Å². The first kappa shape index (κ1) is 12.9. The summed E-state index contributed by atoms with van der Waals surface area (Å²) in [5.74, 6) is 0.573. The second-order valence-corrected chi connectivity index (χ2v) is 5.76. The van der Waals surface area contributed by atoms with E-state index in [1.807, 2.05) is 0 Å². The number of hydrogen-bond donors (Lipinski definition) is 2. The number of ether oxygens (including phenoxy) is 1. The summed E-state index contributed by atoms with van der Waals surface area (Å²) in [5, 5.41) is 13.5. The molecule has 2 N–H and O–H groups in total. The Kier molecular flexibility index (Phi) is 3.46. The number of benzene rings is 1. The quantitative estimate of drug-likeness (QED) is 0.875. The van der Waals surface area contributed by atoms with Crippen molar-refractivity contribution in [2.24, 2.45) is 0 Å². The lowest BCUT2D eigenvalue weighted by Crippen LogP contribution is -2.41. The highest BCUT2D eigenvalue weighted by Gasteiger charge is 2.31. The minimum atomic E-state index is -0.530. The fourth-order valence-electron chi connectivity index (χ4n) is 3.08. The summed E-state index contributed by atoms with van der Waals surface area (Å²) in [5.41, 5.74) is 0.406. The van der Waals surface area contributed by atoms with Crippen molar-refractivity contribution in [2.75, 3.05) is 13.1 Å². The van der Waals surface area contributed by atoms with Crippen LogP contribution in [0.5, 0.6) is 5.75 Å². The first-order chi connectivity index (χ1) is 9.15. The van der Waals surface area contributed by atoms with Crippen LogP contribution in [-0.4, -0.2) is 29.9 Å². The summed E-state index contributed by atoms with van der Waals surface area (Å²) in [7, 11) is 0. The summed E-state index contributed by atoms with van der Waals surface area (Å²) in [6.07, 6.45) is 4.78. The van der Waals surface area contributed by atoms with Gasteiger partial charge in [0.2, 0.25) is 0 Å². The Morgan fingerprint density at radius 1 is 1.37 bits per heavy atom. The second kappa shape index (κ2) is 5.10. The molecule has 3 rings (SSSR count). The van der Waals surface area contributed by atoms with Crippen LogP contribution in [0.1, 0.15) is 31.2 Å². The van der Waals surface area contributed by atoms with Crippen LogP contribution in [0.3, 0.4) is 0 Å². The lowest BCUT2D eigenvalue weighted by atomic mass is 10.0. The molecule has 1 saturated carbocycles. The molecule has 1 heterocycles. The van der Waals surface area contributed by atoms with E-state index in [0.29, 0.717) is 13.1 Å². The molecule has 0 radical (unpaired) electrons. The van der Waals surface area contributed by atoms with Crippen molar-refractivity contribution in [3.8, 4) is 5.75 Å². The maximum Gasteiger partial charge on any atom is 0.123 e. The zero-order chi connectivity index (χ0) is 13.3. The number of rotatable bonds is 4. The van der Waals surface area contributed by atoms with Crippen LogP contribution in [-0.2, 0) is 6.42 Å². The summed E-state index contributed by atoms with van der Waals surface area (Å²) in [6.45, 7) is 1.32. The molecule has 2 aliphatic rings. The number of halogens is 1. The molecule has 0 bridgehead atoms. The molecule has 104 valence electrons. The Hall–Kier alpha value is -1.13. The highest BCUT2D eigenvalue weighted by molar-refractivity contribution is 5.37. The molecular formula is C15H20FNO2. The zero-order valence-electron chi connectivity index (χ0n) is 11.0.